The van der Waals surface area contributed by atoms with Gasteiger partial charge in [0.2, 0.25) is 5.91 Å². The molecule has 1 atom stereocenters. The molecule has 2 rings (SSSR count). The van der Waals surface area contributed by atoms with Crippen LogP contribution in [0.3, 0.4) is 0 Å². The monoisotopic (exact) mass is 322 g/mol. The van der Waals surface area contributed by atoms with Crippen LogP contribution in [0.25, 0.3) is 0 Å². The Morgan fingerprint density at radius 3 is 2.54 bits per heavy atom. The van der Waals surface area contributed by atoms with Gasteiger partial charge in [-0.2, -0.15) is 5.26 Å². The first-order chi connectivity index (χ1) is 11.5. The zero-order chi connectivity index (χ0) is 17.7. The lowest BCUT2D eigenvalue weighted by molar-refractivity contribution is -0.117. The Morgan fingerprint density at radius 1 is 1.17 bits per heavy atom. The number of nitrogens with one attached hydrogen (secondary N) is 1. The number of Topliss-reactive ketones (excluding diaryl/α,β-unsaturated/α-hetero) is 1. The number of rotatable bonds is 5. The first-order valence-electron chi connectivity index (χ1n) is 7.42. The number of carbonyl (C=O) groups excluding carboxylic acids is 2. The topological polar surface area (TPSA) is 79.2 Å². The second-order valence-corrected chi connectivity index (χ2v) is 5.47. The molecule has 0 aliphatic carbocycles. The SMILES string of the molecule is COc1cccc(NC(=O)C(C#N)C(=O)c2ccc(C)cc2C)c1. The lowest BCUT2D eigenvalue weighted by Crippen LogP contribution is -2.29. The first kappa shape index (κ1) is 17.2. The Bertz CT molecular complexity index is 822. The van der Waals surface area contributed by atoms with Crippen LogP contribution in [-0.4, -0.2) is 18.8 Å². The number of methoxy groups -OCH3 is 1. The van der Waals surface area contributed by atoms with Gasteiger partial charge in [0.05, 0.1) is 13.2 Å². The van der Waals surface area contributed by atoms with E-state index in [1.807, 2.05) is 13.0 Å². The van der Waals surface area contributed by atoms with Gasteiger partial charge in [-0.05, 0) is 31.5 Å². The summed E-state index contributed by atoms with van der Waals surface area (Å²) in [4.78, 5) is 24.9. The number of carbonyl (C=O) groups is 2. The maximum absolute atomic E-state index is 12.6. The van der Waals surface area contributed by atoms with Gasteiger partial charge in [-0.15, -0.1) is 0 Å². The largest absolute Gasteiger partial charge is 0.497 e. The predicted octanol–water partition coefficient (Wildman–Crippen LogP) is 3.27. The highest BCUT2D eigenvalue weighted by molar-refractivity contribution is 6.16. The average Bonchev–Trinajstić information content (AvgIpc) is 2.55. The van der Waals surface area contributed by atoms with Crippen LogP contribution in [0, 0.1) is 31.1 Å². The van der Waals surface area contributed by atoms with Gasteiger partial charge in [-0.3, -0.25) is 9.59 Å². The number of nitriles is 1. The summed E-state index contributed by atoms with van der Waals surface area (Å²) in [5.41, 5.74) is 2.61. The average molecular weight is 322 g/mol. The fourth-order valence-corrected chi connectivity index (χ4v) is 2.40. The van der Waals surface area contributed by atoms with Crippen molar-refractivity contribution in [1.82, 2.24) is 0 Å². The van der Waals surface area contributed by atoms with Crippen LogP contribution in [0.5, 0.6) is 5.75 Å². The molecule has 0 aromatic heterocycles. The molecule has 0 bridgehead atoms. The first-order valence-corrected chi connectivity index (χ1v) is 7.42. The second-order valence-electron chi connectivity index (χ2n) is 5.47. The molecule has 0 aliphatic heterocycles. The molecular weight excluding hydrogens is 304 g/mol. The number of hydrogen-bond acceptors (Lipinski definition) is 4. The molecule has 122 valence electrons. The molecule has 0 saturated carbocycles. The Kier molecular flexibility index (Phi) is 5.33. The van der Waals surface area contributed by atoms with Crippen molar-refractivity contribution < 1.29 is 14.3 Å². The molecule has 0 fully saturated rings. The fraction of sp³-hybridized carbons (Fsp3) is 0.211. The van der Waals surface area contributed by atoms with E-state index in [4.69, 9.17) is 4.74 Å². The van der Waals surface area contributed by atoms with E-state index in [9.17, 15) is 14.9 Å². The summed E-state index contributed by atoms with van der Waals surface area (Å²) < 4.78 is 5.08. The molecule has 0 heterocycles. The van der Waals surface area contributed by atoms with Crippen molar-refractivity contribution in [3.8, 4) is 11.8 Å². The highest BCUT2D eigenvalue weighted by Gasteiger charge is 2.28. The van der Waals surface area contributed by atoms with Crippen LogP contribution in [-0.2, 0) is 4.79 Å². The van der Waals surface area contributed by atoms with Crippen LogP contribution >= 0.6 is 0 Å². The van der Waals surface area contributed by atoms with Gasteiger partial charge < -0.3 is 10.1 Å². The van der Waals surface area contributed by atoms with Gasteiger partial charge in [0.15, 0.2) is 11.7 Å². The molecule has 0 radical (unpaired) electrons. The Balaban J connectivity index is 2.22. The van der Waals surface area contributed by atoms with E-state index in [0.29, 0.717) is 17.0 Å². The molecular formula is C19H18N2O3. The van der Waals surface area contributed by atoms with E-state index < -0.39 is 17.6 Å². The Labute approximate surface area is 140 Å². The van der Waals surface area contributed by atoms with E-state index in [1.165, 1.54) is 7.11 Å². The zero-order valence-electron chi connectivity index (χ0n) is 13.8. The van der Waals surface area contributed by atoms with Crippen molar-refractivity contribution in [2.45, 2.75) is 13.8 Å². The minimum absolute atomic E-state index is 0.382. The van der Waals surface area contributed by atoms with Crippen LogP contribution in [0.4, 0.5) is 5.69 Å². The van der Waals surface area contributed by atoms with Gasteiger partial charge in [-0.25, -0.2) is 0 Å². The van der Waals surface area contributed by atoms with Gasteiger partial charge in [-0.1, -0.05) is 29.8 Å². The zero-order valence-corrected chi connectivity index (χ0v) is 13.8. The summed E-state index contributed by atoms with van der Waals surface area (Å²) in [6.45, 7) is 3.70. The van der Waals surface area contributed by atoms with Crippen molar-refractivity contribution in [3.63, 3.8) is 0 Å². The summed E-state index contributed by atoms with van der Waals surface area (Å²) in [5.74, 6) is -1.99. The van der Waals surface area contributed by atoms with Crippen molar-refractivity contribution in [2.24, 2.45) is 5.92 Å². The molecule has 5 heteroatoms. The highest BCUT2D eigenvalue weighted by Crippen LogP contribution is 2.20. The number of ether oxygens (including phenoxy) is 1. The van der Waals surface area contributed by atoms with E-state index in [2.05, 4.69) is 5.32 Å². The molecule has 0 saturated heterocycles. The smallest absolute Gasteiger partial charge is 0.249 e. The molecule has 1 amide bonds. The molecule has 1 N–H and O–H groups in total. The third-order valence-corrected chi connectivity index (χ3v) is 3.64. The highest BCUT2D eigenvalue weighted by atomic mass is 16.5. The molecule has 0 aliphatic rings. The van der Waals surface area contributed by atoms with Crippen LogP contribution in [0.2, 0.25) is 0 Å². The van der Waals surface area contributed by atoms with Crippen molar-refractivity contribution in [1.29, 1.82) is 5.26 Å². The maximum atomic E-state index is 12.6. The maximum Gasteiger partial charge on any atom is 0.249 e. The minimum Gasteiger partial charge on any atom is -0.497 e. The number of amides is 1. The van der Waals surface area contributed by atoms with Gasteiger partial charge >= 0.3 is 0 Å². The standard InChI is InChI=1S/C19H18N2O3/c1-12-7-8-16(13(2)9-12)18(22)17(11-20)19(23)21-14-5-4-6-15(10-14)24-3/h4-10,17H,1-3H3,(H,21,23). The lowest BCUT2D eigenvalue weighted by atomic mass is 9.93. The summed E-state index contributed by atoms with van der Waals surface area (Å²) in [6, 6.07) is 13.8. The third-order valence-electron chi connectivity index (χ3n) is 3.64. The normalized spacial score (nSPS) is 11.2. The quantitative estimate of drug-likeness (QED) is 0.677. The van der Waals surface area contributed by atoms with E-state index in [-0.39, 0.29) is 0 Å². The van der Waals surface area contributed by atoms with Crippen molar-refractivity contribution >= 4 is 17.4 Å². The van der Waals surface area contributed by atoms with Crippen LogP contribution < -0.4 is 10.1 Å². The van der Waals surface area contributed by atoms with Gasteiger partial charge in [0, 0.05) is 17.3 Å². The Hall–Kier alpha value is -3.13. The summed E-state index contributed by atoms with van der Waals surface area (Å²) in [5, 5.41) is 11.9. The number of benzene rings is 2. The third kappa shape index (κ3) is 3.79. The number of ketones is 1. The second kappa shape index (κ2) is 7.42. The number of anilines is 1. The van der Waals surface area contributed by atoms with Crippen LogP contribution in [0.15, 0.2) is 42.5 Å². The van der Waals surface area contributed by atoms with E-state index >= 15 is 0 Å². The number of nitrogens with zero attached hydrogens (tertiary/aromatic N) is 1. The molecule has 0 spiro atoms. The minimum atomic E-state index is -1.40. The van der Waals surface area contributed by atoms with Crippen molar-refractivity contribution in [3.05, 3.63) is 59.2 Å². The number of hydrogen-bond donors (Lipinski definition) is 1. The summed E-state index contributed by atoms with van der Waals surface area (Å²) in [7, 11) is 1.52. The molecule has 2 aromatic rings. The fourth-order valence-electron chi connectivity index (χ4n) is 2.40. The predicted molar refractivity (Wildman–Crippen MR) is 91.0 cm³/mol. The summed E-state index contributed by atoms with van der Waals surface area (Å²) >= 11 is 0. The Morgan fingerprint density at radius 2 is 1.92 bits per heavy atom. The lowest BCUT2D eigenvalue weighted by Gasteiger charge is -2.12. The molecule has 5 nitrogen and oxygen atoms in total. The van der Waals surface area contributed by atoms with Gasteiger partial charge in [0.25, 0.3) is 0 Å². The van der Waals surface area contributed by atoms with Gasteiger partial charge in [0.1, 0.15) is 5.75 Å². The molecule has 2 aromatic carbocycles. The van der Waals surface area contributed by atoms with Crippen molar-refractivity contribution in [2.75, 3.05) is 12.4 Å². The van der Waals surface area contributed by atoms with E-state index in [0.717, 1.165) is 11.1 Å². The van der Waals surface area contributed by atoms with E-state index in [1.54, 1.807) is 49.4 Å². The summed E-state index contributed by atoms with van der Waals surface area (Å²) in [6.07, 6.45) is 0. The number of aryl methyl sites for hydroxylation is 2. The molecule has 1 unspecified atom stereocenters. The van der Waals surface area contributed by atoms with Crippen LogP contribution in [0.1, 0.15) is 21.5 Å². The molecule has 24 heavy (non-hydrogen) atoms.